The molecule has 0 aliphatic carbocycles. The van der Waals surface area contributed by atoms with E-state index in [9.17, 15) is 9.59 Å². The van der Waals surface area contributed by atoms with Gasteiger partial charge in [0.1, 0.15) is 0 Å². The van der Waals surface area contributed by atoms with Crippen molar-refractivity contribution in [3.05, 3.63) is 74.5 Å². The number of nitrogens with one attached hydrogen (secondary N) is 1. The minimum Gasteiger partial charge on any atom is -0.350 e. The Hall–Kier alpha value is -2.91. The molecule has 0 bridgehead atoms. The second kappa shape index (κ2) is 8.45. The minimum atomic E-state index is -0.375. The first kappa shape index (κ1) is 20.4. The van der Waals surface area contributed by atoms with Crippen molar-refractivity contribution in [3.63, 3.8) is 0 Å². The maximum Gasteiger partial charge on any atom is 0.300 e. The lowest BCUT2D eigenvalue weighted by Crippen LogP contribution is -2.30. The van der Waals surface area contributed by atoms with Crippen molar-refractivity contribution in [1.82, 2.24) is 24.5 Å². The van der Waals surface area contributed by atoms with Crippen molar-refractivity contribution in [2.75, 3.05) is 0 Å². The van der Waals surface area contributed by atoms with Crippen LogP contribution < -0.4 is 10.9 Å². The fraction of sp³-hybridized carbons (Fsp3) is 0.238. The van der Waals surface area contributed by atoms with Crippen molar-refractivity contribution in [1.29, 1.82) is 0 Å². The Morgan fingerprint density at radius 1 is 1.20 bits per heavy atom. The fourth-order valence-electron chi connectivity index (χ4n) is 2.97. The van der Waals surface area contributed by atoms with Gasteiger partial charge in [0.25, 0.3) is 0 Å². The van der Waals surface area contributed by atoms with E-state index in [1.807, 2.05) is 56.5 Å². The van der Waals surface area contributed by atoms with Crippen LogP contribution in [0.3, 0.4) is 0 Å². The van der Waals surface area contributed by atoms with Crippen LogP contribution in [0.2, 0.25) is 0 Å². The van der Waals surface area contributed by atoms with Gasteiger partial charge in [-0.1, -0.05) is 23.9 Å². The number of nitrogens with zero attached hydrogens (tertiary/aromatic N) is 4. The van der Waals surface area contributed by atoms with Gasteiger partial charge >= 0.3 is 5.56 Å². The van der Waals surface area contributed by atoms with Crippen LogP contribution in [0, 0.1) is 13.8 Å². The molecule has 9 heteroatoms. The smallest absolute Gasteiger partial charge is 0.300 e. The Balaban J connectivity index is 1.54. The predicted octanol–water partition coefficient (Wildman–Crippen LogP) is 3.36. The number of aromatic nitrogens is 4. The first-order valence-electron chi connectivity index (χ1n) is 9.45. The Kier molecular flexibility index (Phi) is 5.74. The average Bonchev–Trinajstić information content (AvgIpc) is 3.39. The maximum absolute atomic E-state index is 12.9. The van der Waals surface area contributed by atoms with Crippen LogP contribution in [0.25, 0.3) is 11.3 Å². The lowest BCUT2D eigenvalue weighted by molar-refractivity contribution is -0.120. The summed E-state index contributed by atoms with van der Waals surface area (Å²) in [7, 11) is 0. The van der Waals surface area contributed by atoms with E-state index in [2.05, 4.69) is 15.5 Å². The maximum atomic E-state index is 12.9. The Bertz CT molecular complexity index is 1260. The highest BCUT2D eigenvalue weighted by atomic mass is 32.2. The van der Waals surface area contributed by atoms with E-state index in [0.717, 1.165) is 16.1 Å². The third kappa shape index (κ3) is 4.03. The van der Waals surface area contributed by atoms with Crippen LogP contribution in [0.5, 0.6) is 0 Å². The summed E-state index contributed by atoms with van der Waals surface area (Å²) in [5.74, 6) is -0.0892. The molecule has 4 aromatic rings. The number of carbonyl (C=O) groups excluding carboxylic acids is 1. The average molecular weight is 440 g/mol. The molecular weight excluding hydrogens is 418 g/mol. The summed E-state index contributed by atoms with van der Waals surface area (Å²) in [5.41, 5.74) is 3.03. The molecule has 1 N–H and O–H groups in total. The summed E-state index contributed by atoms with van der Waals surface area (Å²) in [5, 5.41) is 13.2. The molecule has 3 heterocycles. The van der Waals surface area contributed by atoms with Gasteiger partial charge in [0.15, 0.2) is 5.16 Å². The van der Waals surface area contributed by atoms with E-state index in [0.29, 0.717) is 11.7 Å². The van der Waals surface area contributed by atoms with Gasteiger partial charge in [0.05, 0.1) is 11.8 Å². The summed E-state index contributed by atoms with van der Waals surface area (Å²) in [6.45, 7) is 6.36. The van der Waals surface area contributed by atoms with Gasteiger partial charge in [-0.25, -0.2) is 0 Å². The third-order valence-electron chi connectivity index (χ3n) is 4.88. The number of thiophene rings is 1. The van der Waals surface area contributed by atoms with E-state index in [1.54, 1.807) is 32.7 Å². The molecule has 4 rings (SSSR count). The molecule has 1 atom stereocenters. The van der Waals surface area contributed by atoms with Crippen molar-refractivity contribution >= 4 is 34.7 Å². The second-order valence-corrected chi connectivity index (χ2v) is 9.32. The Labute approximate surface area is 181 Å². The number of fused-ring (bicyclic) bond motifs is 1. The van der Waals surface area contributed by atoms with Crippen LogP contribution in [0.4, 0.5) is 0 Å². The molecule has 1 aromatic carbocycles. The number of thioether (sulfide) groups is 1. The van der Waals surface area contributed by atoms with Crippen molar-refractivity contribution < 1.29 is 4.79 Å². The molecule has 0 saturated carbocycles. The van der Waals surface area contributed by atoms with Gasteiger partial charge in [0, 0.05) is 23.0 Å². The molecule has 0 radical (unpaired) electrons. The van der Waals surface area contributed by atoms with Crippen LogP contribution >= 0.6 is 23.1 Å². The monoisotopic (exact) mass is 439 g/mol. The van der Waals surface area contributed by atoms with E-state index in [-0.39, 0.29) is 22.4 Å². The zero-order valence-electron chi connectivity index (χ0n) is 16.8. The molecule has 0 aliphatic heterocycles. The normalized spacial score (nSPS) is 12.2. The van der Waals surface area contributed by atoms with E-state index < -0.39 is 0 Å². The SMILES string of the molecule is Cc1ccc(-n2ccn3c(S[C@@H](C)C(=O)NCc4cccs4)nnc3c2=O)cc1C. The molecule has 154 valence electrons. The third-order valence-corrected chi connectivity index (χ3v) is 6.81. The van der Waals surface area contributed by atoms with Gasteiger partial charge in [0.2, 0.25) is 11.6 Å². The zero-order chi connectivity index (χ0) is 21.3. The summed E-state index contributed by atoms with van der Waals surface area (Å²) < 4.78 is 3.19. The number of hydrogen-bond donors (Lipinski definition) is 1. The van der Waals surface area contributed by atoms with E-state index in [1.165, 1.54) is 17.3 Å². The van der Waals surface area contributed by atoms with Crippen molar-refractivity contribution in [3.8, 4) is 5.69 Å². The second-order valence-electron chi connectivity index (χ2n) is 6.98. The molecule has 0 spiro atoms. The number of carbonyl (C=O) groups is 1. The molecule has 0 fully saturated rings. The molecule has 30 heavy (non-hydrogen) atoms. The molecule has 3 aromatic heterocycles. The lowest BCUT2D eigenvalue weighted by Gasteiger charge is -2.11. The Morgan fingerprint density at radius 3 is 2.77 bits per heavy atom. The van der Waals surface area contributed by atoms with Gasteiger partial charge in [-0.2, -0.15) is 0 Å². The minimum absolute atomic E-state index is 0.0892. The first-order chi connectivity index (χ1) is 14.4. The summed E-state index contributed by atoms with van der Waals surface area (Å²) in [4.78, 5) is 26.5. The quantitative estimate of drug-likeness (QED) is 0.466. The van der Waals surface area contributed by atoms with Gasteiger partial charge in [-0.05, 0) is 55.5 Å². The molecule has 0 saturated heterocycles. The molecule has 1 amide bonds. The molecular formula is C21H21N5O2S2. The highest BCUT2D eigenvalue weighted by Crippen LogP contribution is 2.22. The standard InChI is InChI=1S/C21H21N5O2S2/c1-13-6-7-16(11-14(13)2)25-8-9-26-18(20(25)28)23-24-21(26)30-15(3)19(27)22-12-17-5-4-10-29-17/h4-11,15H,12H2,1-3H3,(H,22,27)/t15-/m0/s1. The molecule has 0 aliphatic rings. The predicted molar refractivity (Wildman–Crippen MR) is 120 cm³/mol. The van der Waals surface area contributed by atoms with Gasteiger partial charge < -0.3 is 5.32 Å². The fourth-order valence-corrected chi connectivity index (χ4v) is 4.47. The van der Waals surface area contributed by atoms with Crippen LogP contribution in [-0.2, 0) is 11.3 Å². The largest absolute Gasteiger partial charge is 0.350 e. The van der Waals surface area contributed by atoms with E-state index >= 15 is 0 Å². The lowest BCUT2D eigenvalue weighted by atomic mass is 10.1. The Morgan fingerprint density at radius 2 is 2.03 bits per heavy atom. The van der Waals surface area contributed by atoms with Crippen molar-refractivity contribution in [2.45, 2.75) is 37.7 Å². The highest BCUT2D eigenvalue weighted by Gasteiger charge is 2.19. The number of aryl methyl sites for hydroxylation is 2. The summed E-state index contributed by atoms with van der Waals surface area (Å²) >= 11 is 2.87. The van der Waals surface area contributed by atoms with Gasteiger partial charge in [-0.15, -0.1) is 21.5 Å². The zero-order valence-corrected chi connectivity index (χ0v) is 18.5. The number of rotatable bonds is 6. The topological polar surface area (TPSA) is 81.3 Å². The summed E-state index contributed by atoms with van der Waals surface area (Å²) in [6, 6.07) is 9.81. The number of hydrogen-bond acceptors (Lipinski definition) is 6. The van der Waals surface area contributed by atoms with Crippen LogP contribution in [0.15, 0.2) is 58.1 Å². The van der Waals surface area contributed by atoms with Gasteiger partial charge in [-0.3, -0.25) is 18.6 Å². The van der Waals surface area contributed by atoms with E-state index in [4.69, 9.17) is 0 Å². The highest BCUT2D eigenvalue weighted by molar-refractivity contribution is 8.00. The molecule has 0 unspecified atom stereocenters. The number of amides is 1. The molecule has 7 nitrogen and oxygen atoms in total. The van der Waals surface area contributed by atoms with Crippen LogP contribution in [-0.4, -0.2) is 30.3 Å². The number of benzene rings is 1. The first-order valence-corrected chi connectivity index (χ1v) is 11.2. The summed E-state index contributed by atoms with van der Waals surface area (Å²) in [6.07, 6.45) is 3.46. The van der Waals surface area contributed by atoms with Crippen molar-refractivity contribution in [2.24, 2.45) is 0 Å². The van der Waals surface area contributed by atoms with Crippen LogP contribution in [0.1, 0.15) is 22.9 Å².